The van der Waals surface area contributed by atoms with Gasteiger partial charge in [-0.2, -0.15) is 13.5 Å². The van der Waals surface area contributed by atoms with Gasteiger partial charge in [-0.1, -0.05) is 0 Å². The molecule has 0 radical (unpaired) electrons. The molecule has 2 bridgehead atoms. The Kier molecular flexibility index (Phi) is 5.13. The third-order valence-electron chi connectivity index (χ3n) is 5.61. The average Bonchev–Trinajstić information content (AvgIpc) is 3.12. The maximum Gasteiger partial charge on any atom is 0.418 e. The van der Waals surface area contributed by atoms with Crippen molar-refractivity contribution in [1.29, 1.82) is 0 Å². The van der Waals surface area contributed by atoms with Crippen LogP contribution in [0.25, 0.3) is 0 Å². The van der Waals surface area contributed by atoms with E-state index in [0.717, 1.165) is 17.9 Å². The molecule has 1 saturated carbocycles. The zero-order valence-corrected chi connectivity index (χ0v) is 18.2. The Balaban J connectivity index is 1.41. The summed E-state index contributed by atoms with van der Waals surface area (Å²) < 4.78 is 46.8. The number of carbonyl (C=O) groups excluding carboxylic acids is 2. The number of amides is 3. The Morgan fingerprint density at radius 1 is 1.35 bits per heavy atom. The summed E-state index contributed by atoms with van der Waals surface area (Å²) in [7, 11) is -4.83. The second kappa shape index (κ2) is 7.31. The number of nitrogens with one attached hydrogen (secondary N) is 1. The van der Waals surface area contributed by atoms with E-state index in [9.17, 15) is 18.0 Å². The van der Waals surface area contributed by atoms with Crippen LogP contribution in [0.5, 0.6) is 0 Å². The average molecular weight is 459 g/mol. The van der Waals surface area contributed by atoms with Crippen LogP contribution < -0.4 is 5.32 Å². The summed E-state index contributed by atoms with van der Waals surface area (Å²) in [6.45, 7) is 5.75. The normalized spacial score (nSPS) is 24.6. The van der Waals surface area contributed by atoms with Crippen LogP contribution in [0.3, 0.4) is 0 Å². The summed E-state index contributed by atoms with van der Waals surface area (Å²) in [5.74, 6) is 0.523. The van der Waals surface area contributed by atoms with Gasteiger partial charge in [-0.25, -0.2) is 9.59 Å². The molecule has 0 aromatic carbocycles. The zero-order chi connectivity index (χ0) is 22.6. The third kappa shape index (κ3) is 4.60. The van der Waals surface area contributed by atoms with Crippen LogP contribution in [0, 0.1) is 5.41 Å². The molecule has 2 aliphatic heterocycles. The first kappa shape index (κ1) is 21.8. The van der Waals surface area contributed by atoms with Gasteiger partial charge in [0.05, 0.1) is 6.04 Å². The molecule has 0 unspecified atom stereocenters. The van der Waals surface area contributed by atoms with Crippen molar-refractivity contribution >= 4 is 22.5 Å². The number of hydrogen-bond donors (Lipinski definition) is 2. The smallest absolute Gasteiger partial charge is 0.418 e. The fourth-order valence-electron chi connectivity index (χ4n) is 4.12. The van der Waals surface area contributed by atoms with Gasteiger partial charge in [-0.05, 0) is 45.4 Å². The maximum absolute atomic E-state index is 12.7. The number of ether oxygens (including phenoxy) is 1. The minimum absolute atomic E-state index is 0.228. The molecule has 13 nitrogen and oxygen atoms in total. The largest absolute Gasteiger partial charge is 0.444 e. The summed E-state index contributed by atoms with van der Waals surface area (Å²) in [6.07, 6.45) is 1.83. The lowest BCUT2D eigenvalue weighted by atomic mass is 9.85. The second-order valence-electron chi connectivity index (χ2n) is 9.07. The van der Waals surface area contributed by atoms with E-state index in [2.05, 4.69) is 19.8 Å². The van der Waals surface area contributed by atoms with Crippen LogP contribution in [0.4, 0.5) is 9.59 Å². The van der Waals surface area contributed by atoms with Crippen molar-refractivity contribution < 1.29 is 36.0 Å². The first-order valence-corrected chi connectivity index (χ1v) is 11.3. The standard InChI is InChI=1S/C17H25N5O8S/c1-16(2,3)29-14(23)18-7-4-12-19-20-13(28-12)10-8-17(5-6-17)11-9-21(10)15(24)22(11)30-31(25,26)27/h10-11H,4-9H2,1-3H3,(H,18,23)(H,25,26,27)/t10-,11-/m0/s1. The number of fused-ring (bicyclic) bond motifs is 3. The fraction of sp³-hybridized carbons (Fsp3) is 0.765. The minimum Gasteiger partial charge on any atom is -0.444 e. The summed E-state index contributed by atoms with van der Waals surface area (Å²) >= 11 is 0. The molecule has 172 valence electrons. The van der Waals surface area contributed by atoms with Gasteiger partial charge in [0, 0.05) is 19.5 Å². The Hall–Kier alpha value is -2.45. The molecule has 2 saturated heterocycles. The van der Waals surface area contributed by atoms with Crippen molar-refractivity contribution in [2.45, 2.75) is 64.1 Å². The van der Waals surface area contributed by atoms with Gasteiger partial charge in [0.2, 0.25) is 11.8 Å². The molecule has 31 heavy (non-hydrogen) atoms. The number of urea groups is 1. The lowest BCUT2D eigenvalue weighted by molar-refractivity contribution is -0.0530. The predicted octanol–water partition coefficient (Wildman–Crippen LogP) is 1.20. The van der Waals surface area contributed by atoms with Gasteiger partial charge in [-0.15, -0.1) is 14.5 Å². The number of hydroxylamine groups is 2. The maximum atomic E-state index is 12.7. The number of nitrogens with zero attached hydrogens (tertiary/aromatic N) is 4. The van der Waals surface area contributed by atoms with E-state index in [1.807, 2.05) is 0 Å². The van der Waals surface area contributed by atoms with Gasteiger partial charge in [0.1, 0.15) is 11.6 Å². The Bertz CT molecular complexity index is 983. The molecule has 3 amide bonds. The lowest BCUT2D eigenvalue weighted by Gasteiger charge is -2.34. The Labute approximate surface area is 179 Å². The van der Waals surface area contributed by atoms with Gasteiger partial charge < -0.3 is 19.4 Å². The van der Waals surface area contributed by atoms with E-state index in [1.165, 1.54) is 4.90 Å². The molecular weight excluding hydrogens is 434 g/mol. The lowest BCUT2D eigenvalue weighted by Crippen LogP contribution is -2.43. The van der Waals surface area contributed by atoms with E-state index in [-0.39, 0.29) is 36.7 Å². The Morgan fingerprint density at radius 2 is 2.06 bits per heavy atom. The number of aromatic nitrogens is 2. The second-order valence-corrected chi connectivity index (χ2v) is 10.1. The van der Waals surface area contributed by atoms with Gasteiger partial charge in [0.15, 0.2) is 0 Å². The summed E-state index contributed by atoms with van der Waals surface area (Å²) in [5, 5.41) is 11.4. The van der Waals surface area contributed by atoms with Crippen molar-refractivity contribution in [3.8, 4) is 0 Å². The molecule has 1 aromatic heterocycles. The zero-order valence-electron chi connectivity index (χ0n) is 17.4. The molecule has 4 rings (SSSR count). The molecule has 1 spiro atoms. The molecule has 1 aromatic rings. The number of hydrogen-bond acceptors (Lipinski definition) is 9. The molecular formula is C17H25N5O8S. The van der Waals surface area contributed by atoms with Crippen LogP contribution in [0.15, 0.2) is 4.42 Å². The Morgan fingerprint density at radius 3 is 2.68 bits per heavy atom. The van der Waals surface area contributed by atoms with Crippen molar-refractivity contribution in [1.82, 2.24) is 25.5 Å². The molecule has 14 heteroatoms. The summed E-state index contributed by atoms with van der Waals surface area (Å²) in [4.78, 5) is 25.9. The predicted molar refractivity (Wildman–Crippen MR) is 102 cm³/mol. The van der Waals surface area contributed by atoms with Crippen LogP contribution in [-0.2, 0) is 25.8 Å². The minimum atomic E-state index is -4.83. The number of alkyl carbamates (subject to hydrolysis) is 1. The van der Waals surface area contributed by atoms with Crippen molar-refractivity contribution in [3.63, 3.8) is 0 Å². The van der Waals surface area contributed by atoms with E-state index in [0.29, 0.717) is 6.42 Å². The van der Waals surface area contributed by atoms with Crippen molar-refractivity contribution in [2.75, 3.05) is 13.1 Å². The highest BCUT2D eigenvalue weighted by Crippen LogP contribution is 2.61. The van der Waals surface area contributed by atoms with Gasteiger partial charge >= 0.3 is 22.5 Å². The van der Waals surface area contributed by atoms with Crippen LogP contribution in [0.2, 0.25) is 0 Å². The monoisotopic (exact) mass is 459 g/mol. The number of rotatable bonds is 6. The van der Waals surface area contributed by atoms with Crippen molar-refractivity contribution in [2.24, 2.45) is 5.41 Å². The summed E-state index contributed by atoms with van der Waals surface area (Å²) in [5.41, 5.74) is -0.917. The highest BCUT2D eigenvalue weighted by molar-refractivity contribution is 7.80. The number of carbonyl (C=O) groups is 2. The van der Waals surface area contributed by atoms with E-state index in [4.69, 9.17) is 13.7 Å². The van der Waals surface area contributed by atoms with Crippen LogP contribution in [0.1, 0.15) is 57.9 Å². The highest BCUT2D eigenvalue weighted by Gasteiger charge is 2.64. The molecule has 2 N–H and O–H groups in total. The fourth-order valence-corrected chi connectivity index (χ4v) is 4.50. The van der Waals surface area contributed by atoms with Crippen LogP contribution in [-0.4, -0.2) is 70.0 Å². The van der Waals surface area contributed by atoms with E-state index < -0.39 is 40.2 Å². The van der Waals surface area contributed by atoms with E-state index in [1.54, 1.807) is 20.8 Å². The number of piperidine rings is 1. The molecule has 3 heterocycles. The SMILES string of the molecule is CC(C)(C)OC(=O)NCCc1nnc([C@@H]2CC3(CC3)[C@@H]3CN2C(=O)N3OS(=O)(=O)O)o1. The van der Waals surface area contributed by atoms with Crippen LogP contribution >= 0.6 is 0 Å². The first-order valence-electron chi connectivity index (χ1n) is 9.93. The van der Waals surface area contributed by atoms with Gasteiger partial charge in [0.25, 0.3) is 0 Å². The molecule has 2 atom stereocenters. The van der Waals surface area contributed by atoms with E-state index >= 15 is 0 Å². The molecule has 3 fully saturated rings. The summed E-state index contributed by atoms with van der Waals surface area (Å²) in [6, 6.07) is -1.68. The topological polar surface area (TPSA) is 164 Å². The first-order chi connectivity index (χ1) is 14.4. The van der Waals surface area contributed by atoms with Gasteiger partial charge in [-0.3, -0.25) is 4.55 Å². The third-order valence-corrected chi connectivity index (χ3v) is 5.96. The quantitative estimate of drug-likeness (QED) is 0.591. The molecule has 3 aliphatic rings. The highest BCUT2D eigenvalue weighted by atomic mass is 32.3. The van der Waals surface area contributed by atoms with Crippen molar-refractivity contribution in [3.05, 3.63) is 11.8 Å². The molecule has 1 aliphatic carbocycles.